The molecule has 1 aromatic heterocycles. The second-order valence-electron chi connectivity index (χ2n) is 4.68. The van der Waals surface area contributed by atoms with Gasteiger partial charge >= 0.3 is 12.0 Å². The first-order chi connectivity index (χ1) is 9.95. The summed E-state index contributed by atoms with van der Waals surface area (Å²) in [5.74, 6) is -1.13. The first kappa shape index (κ1) is 16.9. The zero-order valence-corrected chi connectivity index (χ0v) is 12.4. The highest BCUT2D eigenvalue weighted by Crippen LogP contribution is 1.98. The molecule has 0 aliphatic carbocycles. The van der Waals surface area contributed by atoms with E-state index in [9.17, 15) is 9.59 Å². The Labute approximate surface area is 122 Å². The Kier molecular flexibility index (Phi) is 6.60. The fourth-order valence-corrected chi connectivity index (χ4v) is 1.67. The highest BCUT2D eigenvalue weighted by Gasteiger charge is 2.16. The van der Waals surface area contributed by atoms with E-state index in [-0.39, 0.29) is 17.8 Å². The van der Waals surface area contributed by atoms with Gasteiger partial charge in [-0.1, -0.05) is 5.21 Å². The van der Waals surface area contributed by atoms with Crippen molar-refractivity contribution < 1.29 is 19.4 Å². The number of nitrogens with one attached hydrogen (secondary N) is 1. The number of amides is 2. The summed E-state index contributed by atoms with van der Waals surface area (Å²) in [7, 11) is 1.58. The molecule has 1 heterocycles. The summed E-state index contributed by atoms with van der Waals surface area (Å²) in [4.78, 5) is 24.3. The lowest BCUT2D eigenvalue weighted by atomic mass is 10.3. The van der Waals surface area contributed by atoms with Crippen LogP contribution in [0, 0.1) is 0 Å². The minimum absolute atomic E-state index is 0.0603. The van der Waals surface area contributed by atoms with Crippen LogP contribution in [-0.4, -0.2) is 69.8 Å². The van der Waals surface area contributed by atoms with E-state index >= 15 is 0 Å². The number of nitrogens with zero attached hydrogens (tertiary/aromatic N) is 4. The Morgan fingerprint density at radius 3 is 2.76 bits per heavy atom. The minimum atomic E-state index is -1.13. The smallest absolute Gasteiger partial charge is 0.358 e. The van der Waals surface area contributed by atoms with E-state index in [0.717, 1.165) is 0 Å². The third kappa shape index (κ3) is 5.38. The lowest BCUT2D eigenvalue weighted by molar-refractivity contribution is 0.0690. The van der Waals surface area contributed by atoms with Crippen molar-refractivity contribution in [2.45, 2.75) is 26.4 Å². The summed E-state index contributed by atoms with van der Waals surface area (Å²) in [5.41, 5.74) is -0.120. The molecule has 2 N–H and O–H groups in total. The molecule has 1 aromatic rings. The zero-order chi connectivity index (χ0) is 15.8. The maximum Gasteiger partial charge on any atom is 0.358 e. The van der Waals surface area contributed by atoms with E-state index in [4.69, 9.17) is 9.84 Å². The first-order valence-corrected chi connectivity index (χ1v) is 6.62. The molecule has 0 saturated carbocycles. The summed E-state index contributed by atoms with van der Waals surface area (Å²) in [6.45, 7) is 5.50. The zero-order valence-electron chi connectivity index (χ0n) is 12.4. The minimum Gasteiger partial charge on any atom is -0.476 e. The van der Waals surface area contributed by atoms with E-state index in [2.05, 4.69) is 15.6 Å². The second-order valence-corrected chi connectivity index (χ2v) is 4.68. The van der Waals surface area contributed by atoms with Crippen molar-refractivity contribution in [1.82, 2.24) is 25.2 Å². The molecule has 0 aromatic carbocycles. The van der Waals surface area contributed by atoms with Crippen LogP contribution in [0.2, 0.25) is 0 Å². The molecule has 0 atom stereocenters. The average molecular weight is 299 g/mol. The molecular formula is C12H21N5O4. The fraction of sp³-hybridized carbons (Fsp3) is 0.667. The van der Waals surface area contributed by atoms with Crippen LogP contribution in [0.5, 0.6) is 0 Å². The van der Waals surface area contributed by atoms with E-state index in [1.807, 2.05) is 13.8 Å². The number of carboxylic acid groups (broad SMARTS) is 1. The summed E-state index contributed by atoms with van der Waals surface area (Å²) in [6.07, 6.45) is 1.32. The molecule has 0 bridgehead atoms. The Balaban J connectivity index is 2.41. The van der Waals surface area contributed by atoms with Crippen LogP contribution in [0.25, 0.3) is 0 Å². The normalized spacial score (nSPS) is 10.7. The van der Waals surface area contributed by atoms with Crippen LogP contribution < -0.4 is 5.32 Å². The maximum atomic E-state index is 12.0. The Morgan fingerprint density at radius 1 is 1.52 bits per heavy atom. The summed E-state index contributed by atoms with van der Waals surface area (Å²) in [5, 5.41) is 18.6. The van der Waals surface area contributed by atoms with Crippen molar-refractivity contribution >= 4 is 12.0 Å². The highest BCUT2D eigenvalue weighted by atomic mass is 16.5. The number of carbonyl (C=O) groups is 2. The number of carboxylic acids is 1. The topological polar surface area (TPSA) is 110 Å². The number of hydrogen-bond acceptors (Lipinski definition) is 5. The monoisotopic (exact) mass is 299 g/mol. The van der Waals surface area contributed by atoms with Gasteiger partial charge in [-0.3, -0.25) is 0 Å². The summed E-state index contributed by atoms with van der Waals surface area (Å²) in [6, 6.07) is -0.134. The average Bonchev–Trinajstić information content (AvgIpc) is 2.88. The number of methoxy groups -OCH3 is 1. The predicted octanol–water partition coefficient (Wildman–Crippen LogP) is 0.0427. The molecule has 118 valence electrons. The Hall–Kier alpha value is -2.16. The largest absolute Gasteiger partial charge is 0.476 e. The van der Waals surface area contributed by atoms with E-state index in [1.54, 1.807) is 12.0 Å². The number of carbonyl (C=O) groups excluding carboxylic acids is 1. The second kappa shape index (κ2) is 8.20. The molecule has 9 nitrogen and oxygen atoms in total. The Morgan fingerprint density at radius 2 is 2.24 bits per heavy atom. The lowest BCUT2D eigenvalue weighted by Gasteiger charge is -2.26. The van der Waals surface area contributed by atoms with Crippen molar-refractivity contribution in [3.05, 3.63) is 11.9 Å². The molecule has 1 rings (SSSR count). The van der Waals surface area contributed by atoms with Gasteiger partial charge in [-0.25, -0.2) is 14.3 Å². The third-order valence-electron chi connectivity index (χ3n) is 2.80. The molecule has 0 radical (unpaired) electrons. The lowest BCUT2D eigenvalue weighted by Crippen LogP contribution is -2.46. The van der Waals surface area contributed by atoms with Crippen LogP contribution in [0.1, 0.15) is 24.3 Å². The predicted molar refractivity (Wildman–Crippen MR) is 74.1 cm³/mol. The molecule has 21 heavy (non-hydrogen) atoms. The van der Waals surface area contributed by atoms with Gasteiger partial charge in [-0.15, -0.1) is 5.10 Å². The van der Waals surface area contributed by atoms with Gasteiger partial charge in [0.05, 0.1) is 19.3 Å². The van der Waals surface area contributed by atoms with Gasteiger partial charge < -0.3 is 20.1 Å². The van der Waals surface area contributed by atoms with Crippen molar-refractivity contribution in [2.24, 2.45) is 0 Å². The van der Waals surface area contributed by atoms with Crippen LogP contribution in [0.4, 0.5) is 4.79 Å². The number of rotatable bonds is 8. The molecule has 0 aliphatic heterocycles. The van der Waals surface area contributed by atoms with E-state index in [0.29, 0.717) is 26.2 Å². The van der Waals surface area contributed by atoms with Crippen LogP contribution in [-0.2, 0) is 11.3 Å². The van der Waals surface area contributed by atoms with Gasteiger partial charge in [0, 0.05) is 26.2 Å². The molecule has 9 heteroatoms. The van der Waals surface area contributed by atoms with Crippen molar-refractivity contribution in [3.63, 3.8) is 0 Å². The summed E-state index contributed by atoms with van der Waals surface area (Å²) >= 11 is 0. The van der Waals surface area contributed by atoms with E-state index in [1.165, 1.54) is 10.9 Å². The molecular weight excluding hydrogens is 278 g/mol. The SMILES string of the molecule is COCCN(C(=O)NCCn1cc(C(=O)O)nn1)C(C)C. The van der Waals surface area contributed by atoms with E-state index < -0.39 is 5.97 Å². The van der Waals surface area contributed by atoms with Gasteiger partial charge in [0.15, 0.2) is 5.69 Å². The molecule has 0 aliphatic rings. The number of hydrogen-bond donors (Lipinski definition) is 2. The maximum absolute atomic E-state index is 12.0. The van der Waals surface area contributed by atoms with Gasteiger partial charge in [-0.05, 0) is 13.8 Å². The standard InChI is InChI=1S/C12H21N5O4/c1-9(2)17(6-7-21-3)12(20)13-4-5-16-8-10(11(18)19)14-15-16/h8-9H,4-7H2,1-3H3,(H,13,20)(H,18,19). The number of aromatic nitrogens is 3. The Bertz CT molecular complexity index is 474. The molecule has 2 amide bonds. The third-order valence-corrected chi connectivity index (χ3v) is 2.80. The van der Waals surface area contributed by atoms with Crippen molar-refractivity contribution in [3.8, 4) is 0 Å². The molecule has 0 unspecified atom stereocenters. The number of ether oxygens (including phenoxy) is 1. The quantitative estimate of drug-likeness (QED) is 0.701. The van der Waals surface area contributed by atoms with Crippen molar-refractivity contribution in [1.29, 1.82) is 0 Å². The first-order valence-electron chi connectivity index (χ1n) is 6.62. The van der Waals surface area contributed by atoms with Gasteiger partial charge in [0.1, 0.15) is 0 Å². The molecule has 0 spiro atoms. The van der Waals surface area contributed by atoms with Crippen molar-refractivity contribution in [2.75, 3.05) is 26.8 Å². The fourth-order valence-electron chi connectivity index (χ4n) is 1.67. The number of aromatic carboxylic acids is 1. The summed E-state index contributed by atoms with van der Waals surface area (Å²) < 4.78 is 6.35. The van der Waals surface area contributed by atoms with Crippen LogP contribution in [0.15, 0.2) is 6.20 Å². The van der Waals surface area contributed by atoms with Crippen LogP contribution in [0.3, 0.4) is 0 Å². The highest BCUT2D eigenvalue weighted by molar-refractivity contribution is 5.84. The molecule has 0 saturated heterocycles. The van der Waals surface area contributed by atoms with Gasteiger partial charge in [0.25, 0.3) is 0 Å². The molecule has 0 fully saturated rings. The van der Waals surface area contributed by atoms with Gasteiger partial charge in [0.2, 0.25) is 0 Å². The van der Waals surface area contributed by atoms with Crippen LogP contribution >= 0.6 is 0 Å². The number of urea groups is 1. The van der Waals surface area contributed by atoms with Gasteiger partial charge in [-0.2, -0.15) is 0 Å².